The van der Waals surface area contributed by atoms with Gasteiger partial charge in [-0.05, 0) is 31.2 Å². The van der Waals surface area contributed by atoms with Gasteiger partial charge < -0.3 is 10.6 Å². The fraction of sp³-hybridized carbons (Fsp3) is 0.231. The van der Waals surface area contributed by atoms with Crippen LogP contribution in [0.4, 0.5) is 11.5 Å². The predicted octanol–water partition coefficient (Wildman–Crippen LogP) is 2.10. The molecule has 0 saturated carbocycles. The standard InChI is InChI=1S/C13H16N4O/c1-3-14-11-6-4-10(5-7-11)13(18)15-12-8-9-17(2)16-12/h4-9,14H,3H2,1-2H3,(H,15,16,18). The number of aryl methyl sites for hydroxylation is 1. The minimum absolute atomic E-state index is 0.156. The van der Waals surface area contributed by atoms with E-state index in [1.54, 1.807) is 36.1 Å². The molecule has 0 aliphatic carbocycles. The molecule has 0 unspecified atom stereocenters. The molecule has 0 atom stereocenters. The third-order valence-corrected chi connectivity index (χ3v) is 2.48. The Balaban J connectivity index is 2.04. The third kappa shape index (κ3) is 2.88. The van der Waals surface area contributed by atoms with Gasteiger partial charge in [-0.2, -0.15) is 5.10 Å². The van der Waals surface area contributed by atoms with Crippen molar-refractivity contribution in [2.75, 3.05) is 17.2 Å². The topological polar surface area (TPSA) is 59.0 Å². The highest BCUT2D eigenvalue weighted by Crippen LogP contribution is 2.11. The van der Waals surface area contributed by atoms with Crippen LogP contribution in [-0.2, 0) is 7.05 Å². The van der Waals surface area contributed by atoms with Crippen LogP contribution in [0, 0.1) is 0 Å². The molecule has 1 aromatic heterocycles. The highest BCUT2D eigenvalue weighted by atomic mass is 16.1. The van der Waals surface area contributed by atoms with Crippen molar-refractivity contribution in [1.29, 1.82) is 0 Å². The molecule has 2 aromatic rings. The number of carbonyl (C=O) groups is 1. The lowest BCUT2D eigenvalue weighted by atomic mass is 10.2. The van der Waals surface area contributed by atoms with Gasteiger partial charge in [-0.25, -0.2) is 0 Å². The molecule has 18 heavy (non-hydrogen) atoms. The summed E-state index contributed by atoms with van der Waals surface area (Å²) in [5, 5.41) is 10.0. The number of hydrogen-bond acceptors (Lipinski definition) is 3. The molecule has 0 radical (unpaired) electrons. The molecule has 5 nitrogen and oxygen atoms in total. The number of carbonyl (C=O) groups excluding carboxylic acids is 1. The molecule has 0 aliphatic heterocycles. The number of rotatable bonds is 4. The third-order valence-electron chi connectivity index (χ3n) is 2.48. The van der Waals surface area contributed by atoms with Gasteiger partial charge in [-0.15, -0.1) is 0 Å². The van der Waals surface area contributed by atoms with E-state index in [1.807, 2.05) is 19.1 Å². The normalized spacial score (nSPS) is 10.1. The van der Waals surface area contributed by atoms with Gasteiger partial charge in [-0.1, -0.05) is 0 Å². The first-order valence-electron chi connectivity index (χ1n) is 5.84. The van der Waals surface area contributed by atoms with E-state index in [-0.39, 0.29) is 5.91 Å². The van der Waals surface area contributed by atoms with Gasteiger partial charge in [0.2, 0.25) is 0 Å². The molecule has 0 bridgehead atoms. The molecule has 5 heteroatoms. The average molecular weight is 244 g/mol. The van der Waals surface area contributed by atoms with Crippen LogP contribution < -0.4 is 10.6 Å². The smallest absolute Gasteiger partial charge is 0.256 e. The molecule has 2 rings (SSSR count). The maximum Gasteiger partial charge on any atom is 0.256 e. The highest BCUT2D eigenvalue weighted by Gasteiger charge is 2.07. The highest BCUT2D eigenvalue weighted by molar-refractivity contribution is 6.03. The second-order valence-electron chi connectivity index (χ2n) is 3.94. The van der Waals surface area contributed by atoms with Crippen molar-refractivity contribution in [3.63, 3.8) is 0 Å². The van der Waals surface area contributed by atoms with Gasteiger partial charge in [0, 0.05) is 37.1 Å². The molecular weight excluding hydrogens is 228 g/mol. The SMILES string of the molecule is CCNc1ccc(C(=O)Nc2ccn(C)n2)cc1. The summed E-state index contributed by atoms with van der Waals surface area (Å²) in [6.45, 7) is 2.89. The fourth-order valence-corrected chi connectivity index (χ4v) is 1.61. The summed E-state index contributed by atoms with van der Waals surface area (Å²) in [4.78, 5) is 11.9. The van der Waals surface area contributed by atoms with Crippen molar-refractivity contribution in [1.82, 2.24) is 9.78 Å². The molecule has 1 aromatic carbocycles. The lowest BCUT2D eigenvalue weighted by molar-refractivity contribution is 0.102. The van der Waals surface area contributed by atoms with E-state index in [2.05, 4.69) is 15.7 Å². The van der Waals surface area contributed by atoms with Gasteiger partial charge in [-0.3, -0.25) is 9.48 Å². The van der Waals surface area contributed by atoms with Gasteiger partial charge in [0.05, 0.1) is 0 Å². The van der Waals surface area contributed by atoms with Crippen LogP contribution in [0.15, 0.2) is 36.5 Å². The maximum atomic E-state index is 11.9. The zero-order chi connectivity index (χ0) is 13.0. The van der Waals surface area contributed by atoms with Crippen LogP contribution in [-0.4, -0.2) is 22.2 Å². The molecular formula is C13H16N4O. The molecule has 1 heterocycles. The molecule has 0 aliphatic rings. The second-order valence-corrected chi connectivity index (χ2v) is 3.94. The van der Waals surface area contributed by atoms with E-state index in [1.165, 1.54) is 0 Å². The van der Waals surface area contributed by atoms with Crippen LogP contribution in [0.2, 0.25) is 0 Å². The zero-order valence-corrected chi connectivity index (χ0v) is 10.5. The number of aromatic nitrogens is 2. The van der Waals surface area contributed by atoms with E-state index in [9.17, 15) is 4.79 Å². The number of hydrogen-bond donors (Lipinski definition) is 2. The summed E-state index contributed by atoms with van der Waals surface area (Å²) in [6, 6.07) is 9.10. The minimum atomic E-state index is -0.156. The Labute approximate surface area is 106 Å². The Morgan fingerprint density at radius 3 is 2.56 bits per heavy atom. The fourth-order valence-electron chi connectivity index (χ4n) is 1.61. The lowest BCUT2D eigenvalue weighted by Crippen LogP contribution is -2.12. The van der Waals surface area contributed by atoms with Crippen molar-refractivity contribution in [2.45, 2.75) is 6.92 Å². The largest absolute Gasteiger partial charge is 0.385 e. The maximum absolute atomic E-state index is 11.9. The van der Waals surface area contributed by atoms with E-state index in [0.717, 1.165) is 12.2 Å². The summed E-state index contributed by atoms with van der Waals surface area (Å²) in [5.41, 5.74) is 1.62. The average Bonchev–Trinajstić information content (AvgIpc) is 2.76. The monoisotopic (exact) mass is 244 g/mol. The Morgan fingerprint density at radius 2 is 2.00 bits per heavy atom. The molecule has 0 fully saturated rings. The summed E-state index contributed by atoms with van der Waals surface area (Å²) >= 11 is 0. The van der Waals surface area contributed by atoms with Crippen molar-refractivity contribution >= 4 is 17.4 Å². The first-order valence-corrected chi connectivity index (χ1v) is 5.84. The van der Waals surface area contributed by atoms with Crippen LogP contribution in [0.1, 0.15) is 17.3 Å². The number of nitrogens with one attached hydrogen (secondary N) is 2. The molecule has 94 valence electrons. The zero-order valence-electron chi connectivity index (χ0n) is 10.5. The summed E-state index contributed by atoms with van der Waals surface area (Å²) < 4.78 is 1.64. The molecule has 2 N–H and O–H groups in total. The van der Waals surface area contributed by atoms with Gasteiger partial charge in [0.25, 0.3) is 5.91 Å². The number of nitrogens with zero attached hydrogens (tertiary/aromatic N) is 2. The van der Waals surface area contributed by atoms with Crippen LogP contribution in [0.25, 0.3) is 0 Å². The molecule has 1 amide bonds. The Kier molecular flexibility index (Phi) is 3.62. The van der Waals surface area contributed by atoms with E-state index in [0.29, 0.717) is 11.4 Å². The Morgan fingerprint density at radius 1 is 1.28 bits per heavy atom. The summed E-state index contributed by atoms with van der Waals surface area (Å²) in [5.74, 6) is 0.398. The van der Waals surface area contributed by atoms with Crippen LogP contribution >= 0.6 is 0 Å². The van der Waals surface area contributed by atoms with Crippen LogP contribution in [0.3, 0.4) is 0 Å². The second kappa shape index (κ2) is 5.35. The first kappa shape index (κ1) is 12.2. The number of amides is 1. The first-order chi connectivity index (χ1) is 8.69. The van der Waals surface area contributed by atoms with Crippen LogP contribution in [0.5, 0.6) is 0 Å². The molecule has 0 saturated heterocycles. The Hall–Kier alpha value is -2.30. The molecule has 0 spiro atoms. The summed E-state index contributed by atoms with van der Waals surface area (Å²) in [6.07, 6.45) is 1.78. The predicted molar refractivity (Wildman–Crippen MR) is 71.8 cm³/mol. The Bertz CT molecular complexity index is 530. The lowest BCUT2D eigenvalue weighted by Gasteiger charge is -2.05. The van der Waals surface area contributed by atoms with E-state index < -0.39 is 0 Å². The van der Waals surface area contributed by atoms with Crippen molar-refractivity contribution in [3.05, 3.63) is 42.1 Å². The van der Waals surface area contributed by atoms with Gasteiger partial charge >= 0.3 is 0 Å². The van der Waals surface area contributed by atoms with Crippen molar-refractivity contribution < 1.29 is 4.79 Å². The van der Waals surface area contributed by atoms with Gasteiger partial charge in [0.1, 0.15) is 0 Å². The quantitative estimate of drug-likeness (QED) is 0.866. The summed E-state index contributed by atoms with van der Waals surface area (Å²) in [7, 11) is 1.81. The minimum Gasteiger partial charge on any atom is -0.385 e. The van der Waals surface area contributed by atoms with Crippen molar-refractivity contribution in [2.24, 2.45) is 7.05 Å². The number of anilines is 2. The van der Waals surface area contributed by atoms with E-state index in [4.69, 9.17) is 0 Å². The number of benzene rings is 1. The van der Waals surface area contributed by atoms with Gasteiger partial charge in [0.15, 0.2) is 5.82 Å². The van der Waals surface area contributed by atoms with E-state index >= 15 is 0 Å². The van der Waals surface area contributed by atoms with Crippen molar-refractivity contribution in [3.8, 4) is 0 Å².